The van der Waals surface area contributed by atoms with Crippen molar-refractivity contribution >= 4 is 17.1 Å². The number of rotatable bonds is 3. The molecule has 1 heterocycles. The van der Waals surface area contributed by atoms with Crippen LogP contribution in [0.4, 0.5) is 0 Å². The van der Waals surface area contributed by atoms with Gasteiger partial charge in [0.2, 0.25) is 0 Å². The smallest absolute Gasteiger partial charge is 0.197 e. The summed E-state index contributed by atoms with van der Waals surface area (Å²) in [6.45, 7) is 1.94. The number of ketones is 1. The molecule has 0 amide bonds. The predicted octanol–water partition coefficient (Wildman–Crippen LogP) is 1.62. The molecule has 0 spiro atoms. The second kappa shape index (κ2) is 2.89. The number of thiazole rings is 1. The summed E-state index contributed by atoms with van der Waals surface area (Å²) in [4.78, 5) is 16.5. The number of Topliss-reactive ketones (excluding diaryl/α,β-unsaturated/α-hetero) is 1. The first-order valence-electron chi connectivity index (χ1n) is 4.26. The Morgan fingerprint density at radius 2 is 2.46 bits per heavy atom. The highest BCUT2D eigenvalue weighted by atomic mass is 32.1. The standard InChI is InChI=1S/C9H11NO2S/c1-9(2-3-9)7(12)8-10-4-6(5-11)13-8/h4,11H,2-3,5H2,1H3. The number of carbonyl (C=O) groups excluding carboxylic acids is 1. The van der Waals surface area contributed by atoms with Gasteiger partial charge in [0.15, 0.2) is 10.8 Å². The second-order valence-corrected chi connectivity index (χ2v) is 4.79. The number of hydrogen-bond acceptors (Lipinski definition) is 4. The molecule has 0 unspecified atom stereocenters. The van der Waals surface area contributed by atoms with E-state index >= 15 is 0 Å². The lowest BCUT2D eigenvalue weighted by atomic mass is 10.1. The Kier molecular flexibility index (Phi) is 1.96. The summed E-state index contributed by atoms with van der Waals surface area (Å²) in [6, 6.07) is 0. The van der Waals surface area contributed by atoms with E-state index in [2.05, 4.69) is 4.98 Å². The van der Waals surface area contributed by atoms with Gasteiger partial charge in [0, 0.05) is 11.6 Å². The first-order valence-corrected chi connectivity index (χ1v) is 5.08. The summed E-state index contributed by atoms with van der Waals surface area (Å²) in [5.74, 6) is 0.136. The summed E-state index contributed by atoms with van der Waals surface area (Å²) < 4.78 is 0. The molecule has 70 valence electrons. The van der Waals surface area contributed by atoms with Crippen molar-refractivity contribution in [1.29, 1.82) is 0 Å². The van der Waals surface area contributed by atoms with Crippen LogP contribution in [0.5, 0.6) is 0 Å². The highest BCUT2D eigenvalue weighted by Gasteiger charge is 2.46. The van der Waals surface area contributed by atoms with Crippen molar-refractivity contribution in [2.75, 3.05) is 0 Å². The van der Waals surface area contributed by atoms with E-state index in [1.807, 2.05) is 6.92 Å². The molecule has 0 radical (unpaired) electrons. The van der Waals surface area contributed by atoms with Gasteiger partial charge >= 0.3 is 0 Å². The van der Waals surface area contributed by atoms with Gasteiger partial charge < -0.3 is 5.11 Å². The molecule has 1 N–H and O–H groups in total. The van der Waals surface area contributed by atoms with Gasteiger partial charge in [0.25, 0.3) is 0 Å². The Bertz CT molecular complexity index is 341. The van der Waals surface area contributed by atoms with Gasteiger partial charge in [-0.05, 0) is 12.8 Å². The topological polar surface area (TPSA) is 50.2 Å². The maximum absolute atomic E-state index is 11.7. The van der Waals surface area contributed by atoms with Gasteiger partial charge in [0.1, 0.15) is 0 Å². The van der Waals surface area contributed by atoms with E-state index in [9.17, 15) is 4.79 Å². The zero-order valence-electron chi connectivity index (χ0n) is 7.41. The number of aliphatic hydroxyl groups excluding tert-OH is 1. The Balaban J connectivity index is 2.20. The van der Waals surface area contributed by atoms with E-state index in [4.69, 9.17) is 5.11 Å². The Hall–Kier alpha value is -0.740. The molecule has 1 aromatic rings. The minimum absolute atomic E-state index is 0.0261. The molecule has 1 aliphatic carbocycles. The SMILES string of the molecule is CC1(C(=O)c2ncc(CO)s2)CC1. The Morgan fingerprint density at radius 3 is 2.92 bits per heavy atom. The lowest BCUT2D eigenvalue weighted by molar-refractivity contribution is 0.0912. The van der Waals surface area contributed by atoms with Gasteiger partial charge in [0.05, 0.1) is 11.5 Å². The number of nitrogens with zero attached hydrogens (tertiary/aromatic N) is 1. The summed E-state index contributed by atoms with van der Waals surface area (Å²) >= 11 is 1.30. The van der Waals surface area contributed by atoms with Crippen molar-refractivity contribution in [3.05, 3.63) is 16.1 Å². The molecule has 1 aliphatic rings. The first kappa shape index (κ1) is 8.84. The van der Waals surface area contributed by atoms with Gasteiger partial charge in [-0.15, -0.1) is 11.3 Å². The first-order chi connectivity index (χ1) is 6.15. The molecule has 0 aliphatic heterocycles. The maximum atomic E-state index is 11.7. The van der Waals surface area contributed by atoms with Crippen LogP contribution in [0, 0.1) is 5.41 Å². The van der Waals surface area contributed by atoms with Crippen LogP contribution in [0.2, 0.25) is 0 Å². The average molecular weight is 197 g/mol. The van der Waals surface area contributed by atoms with Crippen molar-refractivity contribution in [3.63, 3.8) is 0 Å². The zero-order valence-corrected chi connectivity index (χ0v) is 8.23. The zero-order chi connectivity index (χ0) is 9.47. The van der Waals surface area contributed by atoms with E-state index in [-0.39, 0.29) is 17.8 Å². The third kappa shape index (κ3) is 1.51. The van der Waals surface area contributed by atoms with Crippen LogP contribution < -0.4 is 0 Å². The molecule has 2 rings (SSSR count). The van der Waals surface area contributed by atoms with Crippen LogP contribution in [0.15, 0.2) is 6.20 Å². The van der Waals surface area contributed by atoms with Gasteiger partial charge in [-0.1, -0.05) is 6.92 Å². The van der Waals surface area contributed by atoms with Crippen LogP contribution in [-0.4, -0.2) is 15.9 Å². The summed E-state index contributed by atoms with van der Waals surface area (Å²) in [5.41, 5.74) is -0.148. The summed E-state index contributed by atoms with van der Waals surface area (Å²) in [7, 11) is 0. The van der Waals surface area contributed by atoms with Crippen molar-refractivity contribution < 1.29 is 9.90 Å². The number of carbonyl (C=O) groups is 1. The van der Waals surface area contributed by atoms with Crippen molar-refractivity contribution in [1.82, 2.24) is 4.98 Å². The monoisotopic (exact) mass is 197 g/mol. The van der Waals surface area contributed by atoms with Crippen LogP contribution >= 0.6 is 11.3 Å². The highest BCUT2D eigenvalue weighted by molar-refractivity contribution is 7.13. The lowest BCUT2D eigenvalue weighted by Crippen LogP contribution is -2.11. The minimum atomic E-state index is -0.148. The van der Waals surface area contributed by atoms with Crippen molar-refractivity contribution in [3.8, 4) is 0 Å². The van der Waals surface area contributed by atoms with Crippen molar-refractivity contribution in [2.24, 2.45) is 5.41 Å². The van der Waals surface area contributed by atoms with Gasteiger partial charge in [-0.3, -0.25) is 4.79 Å². The molecule has 0 bridgehead atoms. The molecule has 3 nitrogen and oxygen atoms in total. The molecule has 13 heavy (non-hydrogen) atoms. The largest absolute Gasteiger partial charge is 0.391 e. The molecule has 4 heteroatoms. The fourth-order valence-corrected chi connectivity index (χ4v) is 2.02. The fourth-order valence-electron chi connectivity index (χ4n) is 1.16. The van der Waals surface area contributed by atoms with Crippen LogP contribution in [0.1, 0.15) is 34.4 Å². The van der Waals surface area contributed by atoms with Gasteiger partial charge in [-0.2, -0.15) is 0 Å². The molecule has 1 aromatic heterocycles. The quantitative estimate of drug-likeness (QED) is 0.749. The third-order valence-electron chi connectivity index (χ3n) is 2.45. The minimum Gasteiger partial charge on any atom is -0.391 e. The Labute approximate surface area is 80.4 Å². The molecule has 1 fully saturated rings. The average Bonchev–Trinajstić information content (AvgIpc) is 2.71. The lowest BCUT2D eigenvalue weighted by Gasteiger charge is -2.01. The number of aromatic nitrogens is 1. The third-order valence-corrected chi connectivity index (χ3v) is 3.43. The predicted molar refractivity (Wildman–Crippen MR) is 49.7 cm³/mol. The molecule has 0 saturated heterocycles. The number of hydrogen-bond donors (Lipinski definition) is 1. The summed E-state index contributed by atoms with van der Waals surface area (Å²) in [5, 5.41) is 9.36. The van der Waals surface area contributed by atoms with E-state index in [1.54, 1.807) is 6.20 Å². The molecule has 1 saturated carbocycles. The second-order valence-electron chi connectivity index (χ2n) is 3.68. The van der Waals surface area contributed by atoms with Gasteiger partial charge in [-0.25, -0.2) is 4.98 Å². The molecule has 0 atom stereocenters. The highest BCUT2D eigenvalue weighted by Crippen LogP contribution is 2.47. The Morgan fingerprint density at radius 1 is 1.77 bits per heavy atom. The normalized spacial score (nSPS) is 18.6. The van der Waals surface area contributed by atoms with E-state index in [0.717, 1.165) is 17.7 Å². The molecular formula is C9H11NO2S. The summed E-state index contributed by atoms with van der Waals surface area (Å²) in [6.07, 6.45) is 3.52. The number of aliphatic hydroxyl groups is 1. The van der Waals surface area contributed by atoms with E-state index in [1.165, 1.54) is 11.3 Å². The van der Waals surface area contributed by atoms with Crippen LogP contribution in [0.25, 0.3) is 0 Å². The van der Waals surface area contributed by atoms with E-state index in [0.29, 0.717) is 5.01 Å². The maximum Gasteiger partial charge on any atom is 0.197 e. The van der Waals surface area contributed by atoms with E-state index < -0.39 is 0 Å². The molecule has 0 aromatic carbocycles. The van der Waals surface area contributed by atoms with Crippen LogP contribution in [-0.2, 0) is 6.61 Å². The van der Waals surface area contributed by atoms with Crippen LogP contribution in [0.3, 0.4) is 0 Å². The molecular weight excluding hydrogens is 186 g/mol. The fraction of sp³-hybridized carbons (Fsp3) is 0.556. The van der Waals surface area contributed by atoms with Crippen molar-refractivity contribution in [2.45, 2.75) is 26.4 Å².